The zero-order chi connectivity index (χ0) is 7.72. The summed E-state index contributed by atoms with van der Waals surface area (Å²) >= 11 is 0. The van der Waals surface area contributed by atoms with E-state index in [2.05, 4.69) is 4.74 Å². The van der Waals surface area contributed by atoms with Crippen molar-refractivity contribution in [3.63, 3.8) is 0 Å². The summed E-state index contributed by atoms with van der Waals surface area (Å²) in [6, 6.07) is -1.10. The van der Waals surface area contributed by atoms with Crippen molar-refractivity contribution in [2.24, 2.45) is 0 Å². The van der Waals surface area contributed by atoms with Gasteiger partial charge >= 0.3 is 0 Å². The molecule has 10 heavy (non-hydrogen) atoms. The molecule has 2 N–H and O–H groups in total. The Hall–Kier alpha value is -0.125. The highest BCUT2D eigenvalue weighted by Crippen LogP contribution is 2.21. The highest BCUT2D eigenvalue weighted by Gasteiger charge is 2.40. The van der Waals surface area contributed by atoms with Crippen LogP contribution in [-0.2, 0) is 4.74 Å². The molecule has 0 amide bonds. The Labute approximate surface area is 59.2 Å². The van der Waals surface area contributed by atoms with E-state index >= 15 is 0 Å². The van der Waals surface area contributed by atoms with E-state index in [9.17, 15) is 4.39 Å². The second-order valence-electron chi connectivity index (χ2n) is 2.26. The van der Waals surface area contributed by atoms with Gasteiger partial charge in [0.25, 0.3) is 0 Å². The van der Waals surface area contributed by atoms with Gasteiger partial charge in [-0.3, -0.25) is 0 Å². The Morgan fingerprint density at radius 3 is 2.40 bits per heavy atom. The third-order valence-electron chi connectivity index (χ3n) is 1.53. The van der Waals surface area contributed by atoms with Gasteiger partial charge in [0, 0.05) is 0 Å². The maximum atomic E-state index is 12.5. The molecule has 0 aromatic rings. The maximum absolute atomic E-state index is 12.5. The summed E-state index contributed by atoms with van der Waals surface area (Å²) in [5.74, 6) is 0. The summed E-state index contributed by atoms with van der Waals surface area (Å²) in [5, 5.41) is 17.4. The molecule has 5 heteroatoms. The standard InChI is InChI=1S/C5H8BFO3/c6-5-3(7)4(9)2(1-8)10-5/h2-5,8-9H,1H2/t2?,3?,4-,5?/m1/s1. The molecular weight excluding hydrogens is 138 g/mol. The van der Waals surface area contributed by atoms with Crippen LogP contribution in [-0.4, -0.2) is 49.0 Å². The van der Waals surface area contributed by atoms with Crippen LogP contribution in [0.4, 0.5) is 4.39 Å². The fourth-order valence-corrected chi connectivity index (χ4v) is 0.908. The molecule has 0 aromatic heterocycles. The van der Waals surface area contributed by atoms with Crippen LogP contribution in [0, 0.1) is 0 Å². The molecule has 1 rings (SSSR count). The van der Waals surface area contributed by atoms with Crippen LogP contribution in [0.15, 0.2) is 0 Å². The molecule has 1 heterocycles. The van der Waals surface area contributed by atoms with E-state index in [-0.39, 0.29) is 0 Å². The topological polar surface area (TPSA) is 49.7 Å². The number of halogens is 1. The van der Waals surface area contributed by atoms with Gasteiger partial charge in [-0.1, -0.05) is 0 Å². The summed E-state index contributed by atoms with van der Waals surface area (Å²) in [6.07, 6.45) is -3.75. The average molecular weight is 146 g/mol. The fourth-order valence-electron chi connectivity index (χ4n) is 0.908. The molecule has 0 aromatic carbocycles. The van der Waals surface area contributed by atoms with Crippen molar-refractivity contribution >= 4 is 7.85 Å². The minimum absolute atomic E-state index is 0.407. The predicted octanol–water partition coefficient (Wildman–Crippen LogP) is -1.43. The molecule has 1 aliphatic heterocycles. The Kier molecular flexibility index (Phi) is 2.28. The lowest BCUT2D eigenvalue weighted by molar-refractivity contribution is -0.00566. The molecule has 56 valence electrons. The van der Waals surface area contributed by atoms with E-state index in [0.29, 0.717) is 0 Å². The van der Waals surface area contributed by atoms with E-state index in [0.717, 1.165) is 0 Å². The largest absolute Gasteiger partial charge is 0.394 e. The molecule has 4 atom stereocenters. The van der Waals surface area contributed by atoms with E-state index < -0.39 is 31.0 Å². The number of rotatable bonds is 1. The van der Waals surface area contributed by atoms with Crippen molar-refractivity contribution in [3.8, 4) is 0 Å². The van der Waals surface area contributed by atoms with Crippen LogP contribution in [0.25, 0.3) is 0 Å². The molecule has 3 nitrogen and oxygen atoms in total. The summed E-state index contributed by atoms with van der Waals surface area (Å²) in [6.45, 7) is -0.407. The lowest BCUT2D eigenvalue weighted by atomic mass is 9.94. The molecule has 0 spiro atoms. The maximum Gasteiger partial charge on any atom is 0.146 e. The number of aliphatic hydroxyl groups is 2. The molecule has 0 saturated carbocycles. The second-order valence-corrected chi connectivity index (χ2v) is 2.26. The van der Waals surface area contributed by atoms with Crippen LogP contribution < -0.4 is 0 Å². The fraction of sp³-hybridized carbons (Fsp3) is 1.00. The number of aliphatic hydroxyl groups excluding tert-OH is 2. The normalized spacial score (nSPS) is 47.9. The molecule has 2 radical (unpaired) electrons. The lowest BCUT2D eigenvalue weighted by Gasteiger charge is -2.09. The summed E-state index contributed by atoms with van der Waals surface area (Å²) in [4.78, 5) is 0. The van der Waals surface area contributed by atoms with Crippen LogP contribution in [0.2, 0.25) is 0 Å². The number of ether oxygens (including phenoxy) is 1. The van der Waals surface area contributed by atoms with Gasteiger partial charge in [-0.2, -0.15) is 0 Å². The molecule has 1 fully saturated rings. The van der Waals surface area contributed by atoms with Crippen molar-refractivity contribution in [2.75, 3.05) is 6.61 Å². The number of hydrogen-bond donors (Lipinski definition) is 2. The van der Waals surface area contributed by atoms with Gasteiger partial charge in [-0.25, -0.2) is 4.39 Å². The van der Waals surface area contributed by atoms with Crippen molar-refractivity contribution < 1.29 is 19.3 Å². The molecule has 3 unspecified atom stereocenters. The van der Waals surface area contributed by atoms with Gasteiger partial charge in [-0.05, 0) is 0 Å². The van der Waals surface area contributed by atoms with E-state index in [4.69, 9.17) is 18.1 Å². The van der Waals surface area contributed by atoms with E-state index in [1.165, 1.54) is 0 Å². The Morgan fingerprint density at radius 1 is 1.60 bits per heavy atom. The quantitative estimate of drug-likeness (QED) is 0.446. The second kappa shape index (κ2) is 2.86. The van der Waals surface area contributed by atoms with Crippen molar-refractivity contribution in [3.05, 3.63) is 0 Å². The minimum atomic E-state index is -1.59. The minimum Gasteiger partial charge on any atom is -0.394 e. The third-order valence-corrected chi connectivity index (χ3v) is 1.53. The van der Waals surface area contributed by atoms with Crippen molar-refractivity contribution in [1.82, 2.24) is 0 Å². The third kappa shape index (κ3) is 1.16. The van der Waals surface area contributed by atoms with Gasteiger partial charge in [-0.15, -0.1) is 0 Å². The van der Waals surface area contributed by atoms with Crippen LogP contribution in [0.5, 0.6) is 0 Å². The van der Waals surface area contributed by atoms with Gasteiger partial charge in [0.2, 0.25) is 0 Å². The first kappa shape index (κ1) is 7.98. The van der Waals surface area contributed by atoms with E-state index in [1.54, 1.807) is 0 Å². The summed E-state index contributed by atoms with van der Waals surface area (Å²) in [5.41, 5.74) is 0. The first-order chi connectivity index (χ1) is 4.66. The molecule has 1 aliphatic rings. The van der Waals surface area contributed by atoms with E-state index in [1.807, 2.05) is 0 Å². The summed E-state index contributed by atoms with van der Waals surface area (Å²) < 4.78 is 17.2. The van der Waals surface area contributed by atoms with Gasteiger partial charge < -0.3 is 14.9 Å². The van der Waals surface area contributed by atoms with Gasteiger partial charge in [0.15, 0.2) is 0 Å². The first-order valence-corrected chi connectivity index (χ1v) is 3.01. The van der Waals surface area contributed by atoms with Gasteiger partial charge in [0.1, 0.15) is 26.2 Å². The zero-order valence-corrected chi connectivity index (χ0v) is 5.27. The smallest absolute Gasteiger partial charge is 0.146 e. The van der Waals surface area contributed by atoms with Crippen molar-refractivity contribution in [2.45, 2.75) is 24.4 Å². The molecular formula is C5H8BFO3. The lowest BCUT2D eigenvalue weighted by Crippen LogP contribution is -2.30. The SMILES string of the molecule is [B]C1OC(CO)[C@@H](O)C1F. The Morgan fingerprint density at radius 2 is 2.20 bits per heavy atom. The molecule has 0 aliphatic carbocycles. The predicted molar refractivity (Wildman–Crippen MR) is 32.4 cm³/mol. The molecule has 0 bridgehead atoms. The zero-order valence-electron chi connectivity index (χ0n) is 5.27. The van der Waals surface area contributed by atoms with Crippen LogP contribution >= 0.6 is 0 Å². The number of alkyl halides is 1. The highest BCUT2D eigenvalue weighted by molar-refractivity contribution is 6.11. The number of hydrogen-bond acceptors (Lipinski definition) is 3. The van der Waals surface area contributed by atoms with Crippen LogP contribution in [0.3, 0.4) is 0 Å². The average Bonchev–Trinajstić information content (AvgIpc) is 2.17. The van der Waals surface area contributed by atoms with Crippen LogP contribution in [0.1, 0.15) is 0 Å². The highest BCUT2D eigenvalue weighted by atomic mass is 19.1. The Bertz CT molecular complexity index is 123. The van der Waals surface area contributed by atoms with Crippen molar-refractivity contribution in [1.29, 1.82) is 0 Å². The molecule has 1 saturated heterocycles. The Balaban J connectivity index is 2.53. The summed E-state index contributed by atoms with van der Waals surface area (Å²) in [7, 11) is 5.07. The first-order valence-electron chi connectivity index (χ1n) is 3.01. The monoisotopic (exact) mass is 146 g/mol. The van der Waals surface area contributed by atoms with Gasteiger partial charge in [0.05, 0.1) is 12.6 Å².